The molecule has 1 N–H and O–H groups in total. The maximum Gasteiger partial charge on any atom is 0.137 e. The van der Waals surface area contributed by atoms with Crippen molar-refractivity contribution < 1.29 is 9.50 Å². The summed E-state index contributed by atoms with van der Waals surface area (Å²) in [7, 11) is 0. The minimum atomic E-state index is -0.277. The van der Waals surface area contributed by atoms with Crippen molar-refractivity contribution in [2.75, 3.05) is 6.61 Å². The molecule has 0 bridgehead atoms. The number of halogens is 3. The molecular weight excluding hydrogens is 375 g/mol. The van der Waals surface area contributed by atoms with Gasteiger partial charge >= 0.3 is 0 Å². The summed E-state index contributed by atoms with van der Waals surface area (Å²) >= 11 is 6.75. The first-order valence-corrected chi connectivity index (χ1v) is 7.50. The topological polar surface area (TPSA) is 20.2 Å². The van der Waals surface area contributed by atoms with E-state index in [0.717, 1.165) is 15.6 Å². The van der Waals surface area contributed by atoms with E-state index in [-0.39, 0.29) is 18.3 Å². The van der Waals surface area contributed by atoms with E-state index in [4.69, 9.17) is 0 Å². The van der Waals surface area contributed by atoms with Crippen LogP contribution in [0.25, 0.3) is 0 Å². The molecule has 100 valence electrons. The highest BCUT2D eigenvalue weighted by atomic mass is 79.9. The molecule has 0 saturated carbocycles. The predicted octanol–water partition coefficient (Wildman–Crippen LogP) is 4.67. The Morgan fingerprint density at radius 2 is 1.79 bits per heavy atom. The van der Waals surface area contributed by atoms with Gasteiger partial charge in [-0.1, -0.05) is 46.3 Å². The molecule has 1 nitrogen and oxygen atoms in total. The van der Waals surface area contributed by atoms with Crippen molar-refractivity contribution in [3.05, 3.63) is 68.4 Å². The molecule has 4 heteroatoms. The number of aliphatic hydroxyl groups is 1. The molecule has 1 atom stereocenters. The molecule has 1 unspecified atom stereocenters. The third kappa shape index (κ3) is 3.44. The van der Waals surface area contributed by atoms with Gasteiger partial charge in [-0.05, 0) is 45.6 Å². The number of hydrogen-bond donors (Lipinski definition) is 1. The minimum absolute atomic E-state index is 0.0194. The molecule has 0 fully saturated rings. The van der Waals surface area contributed by atoms with E-state index in [2.05, 4.69) is 31.9 Å². The van der Waals surface area contributed by atoms with Crippen LogP contribution in [0.1, 0.15) is 17.0 Å². The molecule has 0 heterocycles. The van der Waals surface area contributed by atoms with Crippen LogP contribution in [0.15, 0.2) is 51.4 Å². The summed E-state index contributed by atoms with van der Waals surface area (Å²) < 4.78 is 14.9. The van der Waals surface area contributed by atoms with Crippen LogP contribution in [0, 0.1) is 5.82 Å². The maximum atomic E-state index is 13.5. The van der Waals surface area contributed by atoms with Crippen molar-refractivity contribution in [2.45, 2.75) is 12.3 Å². The summed E-state index contributed by atoms with van der Waals surface area (Å²) in [6.07, 6.45) is 0.581. The predicted molar refractivity (Wildman–Crippen MR) is 81.8 cm³/mol. The summed E-state index contributed by atoms with van der Waals surface area (Å²) in [4.78, 5) is 0. The van der Waals surface area contributed by atoms with Crippen LogP contribution in [-0.4, -0.2) is 11.7 Å². The van der Waals surface area contributed by atoms with E-state index < -0.39 is 0 Å². The highest BCUT2D eigenvalue weighted by Gasteiger charge is 2.16. The Bertz CT molecular complexity index is 572. The Morgan fingerprint density at radius 3 is 2.47 bits per heavy atom. The Balaban J connectivity index is 2.30. The van der Waals surface area contributed by atoms with Gasteiger partial charge in [0, 0.05) is 10.4 Å². The minimum Gasteiger partial charge on any atom is -0.396 e. The van der Waals surface area contributed by atoms with E-state index in [1.54, 1.807) is 6.07 Å². The molecule has 19 heavy (non-hydrogen) atoms. The molecule has 0 aliphatic carbocycles. The van der Waals surface area contributed by atoms with Crippen LogP contribution in [0.5, 0.6) is 0 Å². The standard InChI is InChI=1S/C15H13Br2FO/c16-13-6-2-1-5-12(13)11(9-19)8-10-4-3-7-14(18)15(10)17/h1-7,11,19H,8-9H2. The van der Waals surface area contributed by atoms with Crippen molar-refractivity contribution in [3.8, 4) is 0 Å². The average molecular weight is 388 g/mol. The van der Waals surface area contributed by atoms with Gasteiger partial charge in [0.1, 0.15) is 5.82 Å². The van der Waals surface area contributed by atoms with Crippen molar-refractivity contribution in [3.63, 3.8) is 0 Å². The summed E-state index contributed by atoms with van der Waals surface area (Å²) in [5.74, 6) is -0.338. The van der Waals surface area contributed by atoms with Gasteiger partial charge in [0.05, 0.1) is 11.1 Å². The lowest BCUT2D eigenvalue weighted by molar-refractivity contribution is 0.264. The van der Waals surface area contributed by atoms with Crippen LogP contribution in [0.2, 0.25) is 0 Å². The smallest absolute Gasteiger partial charge is 0.137 e. The Morgan fingerprint density at radius 1 is 1.05 bits per heavy atom. The van der Waals surface area contributed by atoms with Crippen LogP contribution >= 0.6 is 31.9 Å². The molecule has 0 aliphatic rings. The lowest BCUT2D eigenvalue weighted by Gasteiger charge is -2.17. The number of benzene rings is 2. The van der Waals surface area contributed by atoms with E-state index in [1.807, 2.05) is 30.3 Å². The van der Waals surface area contributed by atoms with Crippen molar-refractivity contribution in [1.82, 2.24) is 0 Å². The third-order valence-corrected chi connectivity index (χ3v) is 4.67. The van der Waals surface area contributed by atoms with Crippen molar-refractivity contribution >= 4 is 31.9 Å². The molecule has 0 aliphatic heterocycles. The van der Waals surface area contributed by atoms with Crippen LogP contribution in [0.3, 0.4) is 0 Å². The lowest BCUT2D eigenvalue weighted by atomic mass is 9.93. The Hall–Kier alpha value is -0.710. The Labute approximate surface area is 128 Å². The molecule has 2 rings (SSSR count). The third-order valence-electron chi connectivity index (χ3n) is 3.06. The summed E-state index contributed by atoms with van der Waals surface area (Å²) in [6.45, 7) is 0.0194. The second-order valence-electron chi connectivity index (χ2n) is 4.32. The van der Waals surface area contributed by atoms with Gasteiger partial charge in [0.15, 0.2) is 0 Å². The second kappa shape index (κ2) is 6.64. The van der Waals surface area contributed by atoms with Crippen molar-refractivity contribution in [2.24, 2.45) is 0 Å². The molecule has 0 saturated heterocycles. The maximum absolute atomic E-state index is 13.5. The number of hydrogen-bond acceptors (Lipinski definition) is 1. The van der Waals surface area contributed by atoms with Crippen LogP contribution < -0.4 is 0 Å². The quantitative estimate of drug-likeness (QED) is 0.808. The Kier molecular flexibility index (Phi) is 5.13. The largest absolute Gasteiger partial charge is 0.396 e. The van der Waals surface area contributed by atoms with Gasteiger partial charge in [-0.2, -0.15) is 0 Å². The molecule has 0 radical (unpaired) electrons. The fraction of sp³-hybridized carbons (Fsp3) is 0.200. The molecule has 2 aromatic rings. The molecular formula is C15H13Br2FO. The van der Waals surface area contributed by atoms with E-state index in [0.29, 0.717) is 10.9 Å². The normalized spacial score (nSPS) is 12.4. The number of rotatable bonds is 4. The zero-order valence-electron chi connectivity index (χ0n) is 10.1. The summed E-state index contributed by atoms with van der Waals surface area (Å²) in [5.41, 5.74) is 1.89. The van der Waals surface area contributed by atoms with E-state index in [9.17, 15) is 9.50 Å². The van der Waals surface area contributed by atoms with Crippen LogP contribution in [0.4, 0.5) is 4.39 Å². The molecule has 0 aromatic heterocycles. The van der Waals surface area contributed by atoms with Gasteiger partial charge in [0.2, 0.25) is 0 Å². The first kappa shape index (κ1) is 14.7. The average Bonchev–Trinajstić information content (AvgIpc) is 2.41. The lowest BCUT2D eigenvalue weighted by Crippen LogP contribution is -2.09. The second-order valence-corrected chi connectivity index (χ2v) is 5.97. The fourth-order valence-corrected chi connectivity index (χ4v) is 3.09. The van der Waals surface area contributed by atoms with E-state index >= 15 is 0 Å². The van der Waals surface area contributed by atoms with E-state index in [1.165, 1.54) is 6.07 Å². The van der Waals surface area contributed by atoms with Gasteiger partial charge in [-0.3, -0.25) is 0 Å². The summed E-state index contributed by atoms with van der Waals surface area (Å²) in [6, 6.07) is 12.7. The van der Waals surface area contributed by atoms with Gasteiger partial charge in [0.25, 0.3) is 0 Å². The first-order valence-electron chi connectivity index (χ1n) is 5.91. The molecule has 0 spiro atoms. The van der Waals surface area contributed by atoms with Gasteiger partial charge in [-0.25, -0.2) is 4.39 Å². The van der Waals surface area contributed by atoms with Crippen LogP contribution in [-0.2, 0) is 6.42 Å². The highest BCUT2D eigenvalue weighted by molar-refractivity contribution is 9.10. The molecule has 2 aromatic carbocycles. The van der Waals surface area contributed by atoms with Crippen molar-refractivity contribution in [1.29, 1.82) is 0 Å². The SMILES string of the molecule is OCC(Cc1cccc(F)c1Br)c1ccccc1Br. The van der Waals surface area contributed by atoms with Gasteiger partial charge < -0.3 is 5.11 Å². The van der Waals surface area contributed by atoms with Gasteiger partial charge in [-0.15, -0.1) is 0 Å². The fourth-order valence-electron chi connectivity index (χ4n) is 2.05. The first-order chi connectivity index (χ1) is 9.13. The summed E-state index contributed by atoms with van der Waals surface area (Å²) in [5, 5.41) is 9.60. The number of aliphatic hydroxyl groups excluding tert-OH is 1. The zero-order chi connectivity index (χ0) is 13.8. The zero-order valence-corrected chi connectivity index (χ0v) is 13.3. The monoisotopic (exact) mass is 386 g/mol. The highest BCUT2D eigenvalue weighted by Crippen LogP contribution is 2.30. The molecule has 0 amide bonds.